The molecule has 1 N–H and O–H groups in total. The van der Waals surface area contributed by atoms with Crippen molar-refractivity contribution < 1.29 is 17.9 Å². The number of rotatable bonds is 8. The van der Waals surface area contributed by atoms with Gasteiger partial charge in [0.2, 0.25) is 5.91 Å². The third-order valence-electron chi connectivity index (χ3n) is 4.58. The summed E-state index contributed by atoms with van der Waals surface area (Å²) < 4.78 is 33.1. The van der Waals surface area contributed by atoms with Crippen LogP contribution in [-0.2, 0) is 21.4 Å². The van der Waals surface area contributed by atoms with Gasteiger partial charge in [-0.1, -0.05) is 48.5 Å². The van der Waals surface area contributed by atoms with Gasteiger partial charge in [-0.05, 0) is 42.8 Å². The first-order chi connectivity index (χ1) is 14.4. The molecule has 0 spiro atoms. The SMILES string of the molecule is COc1ccccc1CNC(=O)CN(c1ccccc1)S(=O)(=O)c1cccc(C)c1. The van der Waals surface area contributed by atoms with E-state index < -0.39 is 15.9 Å². The Bertz CT molecular complexity index is 1110. The van der Waals surface area contributed by atoms with Crippen LogP contribution in [-0.4, -0.2) is 28.0 Å². The highest BCUT2D eigenvalue weighted by Gasteiger charge is 2.27. The van der Waals surface area contributed by atoms with Crippen LogP contribution < -0.4 is 14.4 Å². The molecular weight excluding hydrogens is 400 g/mol. The fraction of sp³-hybridized carbons (Fsp3) is 0.174. The predicted octanol–water partition coefficient (Wildman–Crippen LogP) is 3.52. The van der Waals surface area contributed by atoms with Crippen LogP contribution in [0.25, 0.3) is 0 Å². The van der Waals surface area contributed by atoms with Gasteiger partial charge in [0.15, 0.2) is 0 Å². The van der Waals surface area contributed by atoms with Crippen molar-refractivity contribution >= 4 is 21.6 Å². The Hall–Kier alpha value is -3.32. The number of benzene rings is 3. The summed E-state index contributed by atoms with van der Waals surface area (Å²) in [6, 6.07) is 22.6. The fourth-order valence-corrected chi connectivity index (χ4v) is 4.57. The van der Waals surface area contributed by atoms with Crippen LogP contribution in [0.5, 0.6) is 5.75 Å². The zero-order chi connectivity index (χ0) is 21.6. The minimum atomic E-state index is -3.92. The molecule has 0 heterocycles. The Kier molecular flexibility index (Phi) is 6.74. The third-order valence-corrected chi connectivity index (χ3v) is 6.35. The highest BCUT2D eigenvalue weighted by atomic mass is 32.2. The third kappa shape index (κ3) is 4.99. The normalized spacial score (nSPS) is 11.0. The van der Waals surface area contributed by atoms with Crippen LogP contribution in [0.15, 0.2) is 83.8 Å². The van der Waals surface area contributed by atoms with Gasteiger partial charge in [0.25, 0.3) is 10.0 Å². The van der Waals surface area contributed by atoms with Gasteiger partial charge in [0, 0.05) is 12.1 Å². The van der Waals surface area contributed by atoms with E-state index in [0.717, 1.165) is 15.4 Å². The number of anilines is 1. The van der Waals surface area contributed by atoms with Crippen molar-refractivity contribution in [3.05, 3.63) is 90.0 Å². The zero-order valence-electron chi connectivity index (χ0n) is 16.9. The number of hydrogen-bond acceptors (Lipinski definition) is 4. The van der Waals surface area contributed by atoms with Crippen LogP contribution in [0, 0.1) is 6.92 Å². The number of nitrogens with zero attached hydrogens (tertiary/aromatic N) is 1. The van der Waals surface area contributed by atoms with Crippen LogP contribution in [0.2, 0.25) is 0 Å². The molecule has 156 valence electrons. The molecule has 0 aliphatic heterocycles. The topological polar surface area (TPSA) is 75.7 Å². The van der Waals surface area contributed by atoms with Crippen molar-refractivity contribution in [2.75, 3.05) is 18.0 Å². The van der Waals surface area contributed by atoms with E-state index in [0.29, 0.717) is 11.4 Å². The number of methoxy groups -OCH3 is 1. The average molecular weight is 425 g/mol. The number of ether oxygens (including phenoxy) is 1. The minimum absolute atomic E-state index is 0.142. The van der Waals surface area contributed by atoms with Crippen LogP contribution in [0.4, 0.5) is 5.69 Å². The highest BCUT2D eigenvalue weighted by Crippen LogP contribution is 2.24. The second-order valence-electron chi connectivity index (χ2n) is 6.75. The maximum absolute atomic E-state index is 13.3. The van der Waals surface area contributed by atoms with E-state index in [9.17, 15) is 13.2 Å². The maximum Gasteiger partial charge on any atom is 0.264 e. The molecule has 0 aromatic heterocycles. The molecule has 0 bridgehead atoms. The number of aryl methyl sites for hydroxylation is 1. The van der Waals surface area contributed by atoms with E-state index in [1.165, 1.54) is 6.07 Å². The molecule has 3 aromatic carbocycles. The standard InChI is InChI=1S/C23H24N2O4S/c1-18-9-8-13-21(15-18)30(27,28)25(20-11-4-3-5-12-20)17-23(26)24-16-19-10-6-7-14-22(19)29-2/h3-15H,16-17H2,1-2H3,(H,24,26). The summed E-state index contributed by atoms with van der Waals surface area (Å²) in [4.78, 5) is 12.8. The Balaban J connectivity index is 1.84. The van der Waals surface area contributed by atoms with Crippen molar-refractivity contribution in [1.29, 1.82) is 0 Å². The largest absolute Gasteiger partial charge is 0.496 e. The molecule has 3 aromatic rings. The van der Waals surface area contributed by atoms with Crippen LogP contribution in [0.1, 0.15) is 11.1 Å². The summed E-state index contributed by atoms with van der Waals surface area (Å²) in [5, 5.41) is 2.78. The van der Waals surface area contributed by atoms with Gasteiger partial charge in [-0.15, -0.1) is 0 Å². The van der Waals surface area contributed by atoms with Crippen molar-refractivity contribution in [1.82, 2.24) is 5.32 Å². The molecule has 0 fully saturated rings. The Morgan fingerprint density at radius 3 is 2.37 bits per heavy atom. The number of para-hydroxylation sites is 2. The molecule has 1 amide bonds. The molecular formula is C23H24N2O4S. The van der Waals surface area contributed by atoms with Gasteiger partial charge in [0.1, 0.15) is 12.3 Å². The van der Waals surface area contributed by atoms with Gasteiger partial charge in [-0.2, -0.15) is 0 Å². The Morgan fingerprint density at radius 1 is 0.967 bits per heavy atom. The van der Waals surface area contributed by atoms with E-state index in [1.54, 1.807) is 55.6 Å². The summed E-state index contributed by atoms with van der Waals surface area (Å²) in [6.45, 7) is 1.72. The quantitative estimate of drug-likeness (QED) is 0.600. The van der Waals surface area contributed by atoms with E-state index in [-0.39, 0.29) is 18.0 Å². The van der Waals surface area contributed by atoms with E-state index >= 15 is 0 Å². The first-order valence-electron chi connectivity index (χ1n) is 9.45. The number of sulfonamides is 1. The molecule has 0 aliphatic carbocycles. The number of amides is 1. The molecule has 3 rings (SSSR count). The Morgan fingerprint density at radius 2 is 1.67 bits per heavy atom. The van der Waals surface area contributed by atoms with Crippen LogP contribution >= 0.6 is 0 Å². The lowest BCUT2D eigenvalue weighted by molar-refractivity contribution is -0.119. The fourth-order valence-electron chi connectivity index (χ4n) is 3.04. The van der Waals surface area contributed by atoms with Crippen molar-refractivity contribution in [2.45, 2.75) is 18.4 Å². The molecule has 0 radical (unpaired) electrons. The smallest absolute Gasteiger partial charge is 0.264 e. The Labute approximate surface area is 177 Å². The molecule has 0 saturated carbocycles. The first-order valence-corrected chi connectivity index (χ1v) is 10.9. The number of carbonyl (C=O) groups is 1. The first kappa shape index (κ1) is 21.4. The lowest BCUT2D eigenvalue weighted by atomic mass is 10.2. The summed E-state index contributed by atoms with van der Waals surface area (Å²) in [7, 11) is -2.36. The van der Waals surface area contributed by atoms with Gasteiger partial charge in [-0.3, -0.25) is 9.10 Å². The van der Waals surface area contributed by atoms with E-state index in [1.807, 2.05) is 31.2 Å². The lowest BCUT2D eigenvalue weighted by Crippen LogP contribution is -2.40. The van der Waals surface area contributed by atoms with Gasteiger partial charge >= 0.3 is 0 Å². The van der Waals surface area contributed by atoms with Crippen molar-refractivity contribution in [2.24, 2.45) is 0 Å². The van der Waals surface area contributed by atoms with E-state index in [4.69, 9.17) is 4.74 Å². The predicted molar refractivity (Wildman–Crippen MR) is 117 cm³/mol. The summed E-state index contributed by atoms with van der Waals surface area (Å²) in [5.74, 6) is 0.242. The zero-order valence-corrected chi connectivity index (χ0v) is 17.7. The van der Waals surface area contributed by atoms with E-state index in [2.05, 4.69) is 5.32 Å². The van der Waals surface area contributed by atoms with Gasteiger partial charge in [0.05, 0.1) is 17.7 Å². The molecule has 30 heavy (non-hydrogen) atoms. The summed E-state index contributed by atoms with van der Waals surface area (Å²) in [6.07, 6.45) is 0. The van der Waals surface area contributed by atoms with Gasteiger partial charge < -0.3 is 10.1 Å². The second-order valence-corrected chi connectivity index (χ2v) is 8.61. The number of nitrogens with one attached hydrogen (secondary N) is 1. The molecule has 0 unspecified atom stereocenters. The van der Waals surface area contributed by atoms with Crippen LogP contribution in [0.3, 0.4) is 0 Å². The average Bonchev–Trinajstić information content (AvgIpc) is 2.76. The minimum Gasteiger partial charge on any atom is -0.496 e. The summed E-state index contributed by atoms with van der Waals surface area (Å²) in [5.41, 5.74) is 2.05. The number of carbonyl (C=O) groups excluding carboxylic acids is 1. The highest BCUT2D eigenvalue weighted by molar-refractivity contribution is 7.92. The molecule has 0 aliphatic rings. The monoisotopic (exact) mass is 424 g/mol. The molecule has 7 heteroatoms. The molecule has 0 atom stereocenters. The molecule has 6 nitrogen and oxygen atoms in total. The second kappa shape index (κ2) is 9.45. The van der Waals surface area contributed by atoms with Crippen molar-refractivity contribution in [3.63, 3.8) is 0 Å². The lowest BCUT2D eigenvalue weighted by Gasteiger charge is -2.24. The summed E-state index contributed by atoms with van der Waals surface area (Å²) >= 11 is 0. The number of hydrogen-bond donors (Lipinski definition) is 1. The maximum atomic E-state index is 13.3. The van der Waals surface area contributed by atoms with Crippen molar-refractivity contribution in [3.8, 4) is 5.75 Å². The molecule has 0 saturated heterocycles. The van der Waals surface area contributed by atoms with Gasteiger partial charge in [-0.25, -0.2) is 8.42 Å².